The third-order valence-electron chi connectivity index (χ3n) is 3.97. The van der Waals surface area contributed by atoms with Crippen LogP contribution in [0.15, 0.2) is 48.8 Å². The summed E-state index contributed by atoms with van der Waals surface area (Å²) < 4.78 is 82.6. The number of rotatable bonds is 5. The van der Waals surface area contributed by atoms with E-state index in [-0.39, 0.29) is 22.3 Å². The number of para-hydroxylation sites is 1. The number of nitrogens with one attached hydrogen (secondary N) is 1. The van der Waals surface area contributed by atoms with E-state index in [9.17, 15) is 31.1 Å². The zero-order valence-electron chi connectivity index (χ0n) is 15.0. The number of aromatic nitrogens is 2. The van der Waals surface area contributed by atoms with Gasteiger partial charge in [0.25, 0.3) is 5.91 Å². The number of carbonyl (C=O) groups excluding carboxylic acids is 1. The number of hydrogen-bond acceptors (Lipinski definition) is 4. The number of halogens is 6. The highest BCUT2D eigenvalue weighted by atomic mass is 19.4. The molecule has 0 spiro atoms. The monoisotopic (exact) mass is 429 g/mol. The summed E-state index contributed by atoms with van der Waals surface area (Å²) in [6.45, 7) is -2.00. The highest BCUT2D eigenvalue weighted by molar-refractivity contribution is 6.00. The van der Waals surface area contributed by atoms with E-state index in [1.807, 2.05) is 0 Å². The SMILES string of the molecule is O=C(NCc1cccnc1OCC(F)(F)F)c1cnc2ccccc2c1C(F)(F)F. The number of amides is 1. The fourth-order valence-electron chi connectivity index (χ4n) is 2.73. The standard InChI is InChI=1S/C19H13F6N3O2/c20-18(21,22)10-30-17-11(4-3-7-26-17)8-28-16(29)13-9-27-14-6-2-1-5-12(14)15(13)19(23,24)25/h1-7,9H,8,10H2,(H,28,29). The van der Waals surface area contributed by atoms with Crippen LogP contribution in [0.5, 0.6) is 5.88 Å². The van der Waals surface area contributed by atoms with E-state index in [1.165, 1.54) is 42.6 Å². The molecule has 5 nitrogen and oxygen atoms in total. The molecule has 0 fully saturated rings. The third-order valence-corrected chi connectivity index (χ3v) is 3.97. The fraction of sp³-hybridized carbons (Fsp3) is 0.211. The maximum Gasteiger partial charge on any atom is 0.422 e. The Morgan fingerprint density at radius 2 is 1.73 bits per heavy atom. The van der Waals surface area contributed by atoms with Gasteiger partial charge in [-0.05, 0) is 12.1 Å². The number of hydrogen-bond donors (Lipinski definition) is 1. The van der Waals surface area contributed by atoms with Crippen molar-refractivity contribution >= 4 is 16.8 Å². The van der Waals surface area contributed by atoms with E-state index in [2.05, 4.69) is 20.0 Å². The molecule has 3 aromatic rings. The minimum Gasteiger partial charge on any atom is -0.468 e. The molecule has 158 valence electrons. The summed E-state index contributed by atoms with van der Waals surface area (Å²) in [5.74, 6) is -1.48. The molecule has 0 saturated carbocycles. The second-order valence-electron chi connectivity index (χ2n) is 6.12. The summed E-state index contributed by atoms with van der Waals surface area (Å²) in [5, 5.41) is 2.01. The summed E-state index contributed by atoms with van der Waals surface area (Å²) in [6.07, 6.45) is -7.43. The molecule has 0 aliphatic carbocycles. The zero-order chi connectivity index (χ0) is 21.9. The van der Waals surface area contributed by atoms with Gasteiger partial charge in [-0.25, -0.2) is 4.98 Å². The van der Waals surface area contributed by atoms with Gasteiger partial charge in [0.2, 0.25) is 5.88 Å². The summed E-state index contributed by atoms with van der Waals surface area (Å²) in [6, 6.07) is 8.21. The Labute approximate surface area is 165 Å². The van der Waals surface area contributed by atoms with Gasteiger partial charge in [-0.15, -0.1) is 0 Å². The van der Waals surface area contributed by atoms with Crippen molar-refractivity contribution in [3.05, 3.63) is 65.5 Å². The van der Waals surface area contributed by atoms with Crippen LogP contribution in [-0.4, -0.2) is 28.7 Å². The molecule has 0 unspecified atom stereocenters. The summed E-state index contributed by atoms with van der Waals surface area (Å²) in [4.78, 5) is 20.0. The van der Waals surface area contributed by atoms with Crippen LogP contribution in [0, 0.1) is 0 Å². The molecule has 2 aromatic heterocycles. The Balaban J connectivity index is 1.85. The van der Waals surface area contributed by atoms with Gasteiger partial charge in [0.15, 0.2) is 6.61 Å². The number of nitrogens with zero attached hydrogens (tertiary/aromatic N) is 2. The molecule has 0 aliphatic heterocycles. The first-order chi connectivity index (χ1) is 14.1. The first-order valence-electron chi connectivity index (χ1n) is 8.43. The second-order valence-corrected chi connectivity index (χ2v) is 6.12. The van der Waals surface area contributed by atoms with E-state index >= 15 is 0 Å². The van der Waals surface area contributed by atoms with Crippen molar-refractivity contribution in [2.24, 2.45) is 0 Å². The van der Waals surface area contributed by atoms with Crippen LogP contribution >= 0.6 is 0 Å². The Bertz CT molecular complexity index is 1070. The van der Waals surface area contributed by atoms with E-state index in [1.54, 1.807) is 0 Å². The zero-order valence-corrected chi connectivity index (χ0v) is 15.0. The van der Waals surface area contributed by atoms with Crippen molar-refractivity contribution in [2.75, 3.05) is 6.61 Å². The predicted octanol–water partition coefficient (Wildman–Crippen LogP) is 4.52. The highest BCUT2D eigenvalue weighted by Crippen LogP contribution is 2.36. The molecule has 30 heavy (non-hydrogen) atoms. The lowest BCUT2D eigenvalue weighted by Crippen LogP contribution is -2.27. The predicted molar refractivity (Wildman–Crippen MR) is 93.7 cm³/mol. The first-order valence-corrected chi connectivity index (χ1v) is 8.43. The van der Waals surface area contributed by atoms with Gasteiger partial charge in [-0.3, -0.25) is 9.78 Å². The van der Waals surface area contributed by atoms with Crippen LogP contribution in [0.2, 0.25) is 0 Å². The molecule has 1 amide bonds. The molecule has 1 N–H and O–H groups in total. The molecule has 0 bridgehead atoms. The van der Waals surface area contributed by atoms with Crippen molar-refractivity contribution in [3.8, 4) is 5.88 Å². The molecular formula is C19H13F6N3O2. The number of pyridine rings is 2. The van der Waals surface area contributed by atoms with Gasteiger partial charge < -0.3 is 10.1 Å². The minimum absolute atomic E-state index is 0.0662. The van der Waals surface area contributed by atoms with E-state index in [0.717, 1.165) is 6.20 Å². The molecule has 0 radical (unpaired) electrons. The molecule has 11 heteroatoms. The normalized spacial score (nSPS) is 12.1. The topological polar surface area (TPSA) is 64.1 Å². The van der Waals surface area contributed by atoms with Gasteiger partial charge in [0.05, 0.1) is 16.6 Å². The molecule has 1 aromatic carbocycles. The van der Waals surface area contributed by atoms with Crippen LogP contribution in [0.4, 0.5) is 26.3 Å². The third kappa shape index (κ3) is 4.97. The van der Waals surface area contributed by atoms with Crippen LogP contribution < -0.4 is 10.1 Å². The molecule has 0 atom stereocenters. The number of ether oxygens (including phenoxy) is 1. The molecule has 0 saturated heterocycles. The number of fused-ring (bicyclic) bond motifs is 1. The minimum atomic E-state index is -4.83. The second kappa shape index (κ2) is 8.17. The quantitative estimate of drug-likeness (QED) is 0.606. The average Bonchev–Trinajstić information content (AvgIpc) is 2.68. The van der Waals surface area contributed by atoms with Crippen molar-refractivity contribution in [3.63, 3.8) is 0 Å². The molecule has 0 aliphatic rings. The van der Waals surface area contributed by atoms with Crippen molar-refractivity contribution in [1.82, 2.24) is 15.3 Å². The van der Waals surface area contributed by atoms with E-state index in [4.69, 9.17) is 0 Å². The molecule has 2 heterocycles. The molecular weight excluding hydrogens is 416 g/mol. The van der Waals surface area contributed by atoms with Gasteiger partial charge >= 0.3 is 12.4 Å². The van der Waals surface area contributed by atoms with Crippen LogP contribution in [0.3, 0.4) is 0 Å². The van der Waals surface area contributed by atoms with E-state index < -0.39 is 42.5 Å². The van der Waals surface area contributed by atoms with Gasteiger partial charge in [0, 0.05) is 29.9 Å². The summed E-state index contributed by atoms with van der Waals surface area (Å²) in [7, 11) is 0. The van der Waals surface area contributed by atoms with E-state index in [0.29, 0.717) is 0 Å². The first kappa shape index (κ1) is 21.3. The molecule has 3 rings (SSSR count). The van der Waals surface area contributed by atoms with Crippen molar-refractivity contribution in [1.29, 1.82) is 0 Å². The maximum atomic E-state index is 13.6. The fourth-order valence-corrected chi connectivity index (χ4v) is 2.73. The Kier molecular flexibility index (Phi) is 5.81. The maximum absolute atomic E-state index is 13.6. The lowest BCUT2D eigenvalue weighted by Gasteiger charge is -2.16. The summed E-state index contributed by atoms with van der Waals surface area (Å²) >= 11 is 0. The van der Waals surface area contributed by atoms with Crippen LogP contribution in [-0.2, 0) is 12.7 Å². The van der Waals surface area contributed by atoms with Crippen LogP contribution in [0.1, 0.15) is 21.5 Å². The smallest absolute Gasteiger partial charge is 0.422 e. The Morgan fingerprint density at radius 3 is 2.43 bits per heavy atom. The van der Waals surface area contributed by atoms with Crippen LogP contribution in [0.25, 0.3) is 10.9 Å². The van der Waals surface area contributed by atoms with Gasteiger partial charge in [0.1, 0.15) is 0 Å². The van der Waals surface area contributed by atoms with Crippen molar-refractivity contribution in [2.45, 2.75) is 18.9 Å². The van der Waals surface area contributed by atoms with Gasteiger partial charge in [-0.2, -0.15) is 26.3 Å². The number of benzene rings is 1. The average molecular weight is 429 g/mol. The van der Waals surface area contributed by atoms with Crippen molar-refractivity contribution < 1.29 is 35.9 Å². The lowest BCUT2D eigenvalue weighted by molar-refractivity contribution is -0.154. The Morgan fingerprint density at radius 1 is 1.00 bits per heavy atom. The lowest BCUT2D eigenvalue weighted by atomic mass is 10.0. The number of carbonyl (C=O) groups is 1. The number of alkyl halides is 6. The Hall–Kier alpha value is -3.37. The highest BCUT2D eigenvalue weighted by Gasteiger charge is 2.37. The summed E-state index contributed by atoms with van der Waals surface area (Å²) in [5.41, 5.74) is -1.72. The van der Waals surface area contributed by atoms with Gasteiger partial charge in [-0.1, -0.05) is 24.3 Å². The largest absolute Gasteiger partial charge is 0.468 e.